The molecule has 1 aliphatic rings. The van der Waals surface area contributed by atoms with Crippen LogP contribution in [0.3, 0.4) is 0 Å². The number of rotatable bonds is 6. The fourth-order valence-corrected chi connectivity index (χ4v) is 4.14. The van der Waals surface area contributed by atoms with Crippen molar-refractivity contribution in [3.8, 4) is 17.1 Å². The predicted molar refractivity (Wildman–Crippen MR) is 124 cm³/mol. The molecule has 1 N–H and O–H groups in total. The molecule has 31 heavy (non-hydrogen) atoms. The van der Waals surface area contributed by atoms with Crippen LogP contribution < -0.4 is 9.64 Å². The molecule has 8 heteroatoms. The standard InChI is InChI=1S/C23H27N5O2S/c1-17-5-3-6-18(15-17)22-24-25-23(31)28(22)10-9-21(29)27-13-11-26(12-14-27)19-7-4-8-20(16-19)30-2/h3-8,15-16H,9-14H2,1-2H3,(H,25,31). The Hall–Kier alpha value is -3.13. The number of aromatic amines is 1. The fourth-order valence-electron chi connectivity index (χ4n) is 3.92. The first kappa shape index (κ1) is 21.1. The van der Waals surface area contributed by atoms with E-state index >= 15 is 0 Å². The van der Waals surface area contributed by atoms with E-state index in [1.165, 1.54) is 0 Å². The second-order valence-electron chi connectivity index (χ2n) is 7.69. The van der Waals surface area contributed by atoms with Gasteiger partial charge in [-0.1, -0.05) is 29.8 Å². The minimum absolute atomic E-state index is 0.142. The Kier molecular flexibility index (Phi) is 6.36. The second-order valence-corrected chi connectivity index (χ2v) is 8.08. The molecule has 0 atom stereocenters. The molecule has 0 aliphatic carbocycles. The maximum absolute atomic E-state index is 12.9. The molecule has 0 radical (unpaired) electrons. The molecule has 0 saturated carbocycles. The third-order valence-corrected chi connectivity index (χ3v) is 5.95. The number of carbonyl (C=O) groups is 1. The second kappa shape index (κ2) is 9.34. The van der Waals surface area contributed by atoms with Gasteiger partial charge in [-0.25, -0.2) is 0 Å². The predicted octanol–water partition coefficient (Wildman–Crippen LogP) is 3.66. The number of hydrogen-bond donors (Lipinski definition) is 1. The molecule has 3 aromatic rings. The zero-order valence-corrected chi connectivity index (χ0v) is 18.7. The van der Waals surface area contributed by atoms with Crippen molar-refractivity contribution >= 4 is 23.8 Å². The summed E-state index contributed by atoms with van der Waals surface area (Å²) in [5.74, 6) is 1.75. The van der Waals surface area contributed by atoms with Crippen LogP contribution in [0.2, 0.25) is 0 Å². The van der Waals surface area contributed by atoms with Gasteiger partial charge in [0.25, 0.3) is 0 Å². The zero-order chi connectivity index (χ0) is 21.8. The average molecular weight is 438 g/mol. The summed E-state index contributed by atoms with van der Waals surface area (Å²) >= 11 is 5.41. The van der Waals surface area contributed by atoms with Crippen LogP contribution in [-0.4, -0.2) is 58.9 Å². The van der Waals surface area contributed by atoms with Crippen LogP contribution in [0, 0.1) is 11.7 Å². The van der Waals surface area contributed by atoms with Gasteiger partial charge in [0.1, 0.15) is 5.75 Å². The maximum atomic E-state index is 12.9. The largest absolute Gasteiger partial charge is 0.497 e. The SMILES string of the molecule is COc1cccc(N2CCN(C(=O)CCn3c(-c4cccc(C)c4)n[nH]c3=S)CC2)c1. The van der Waals surface area contributed by atoms with Crippen LogP contribution in [0.15, 0.2) is 48.5 Å². The van der Waals surface area contributed by atoms with Gasteiger partial charge in [-0.3, -0.25) is 14.5 Å². The molecule has 1 amide bonds. The van der Waals surface area contributed by atoms with Crippen molar-refractivity contribution in [2.75, 3.05) is 38.2 Å². The smallest absolute Gasteiger partial charge is 0.224 e. The molecule has 1 aliphatic heterocycles. The van der Waals surface area contributed by atoms with Crippen molar-refractivity contribution in [1.29, 1.82) is 0 Å². The lowest BCUT2D eigenvalue weighted by Gasteiger charge is -2.36. The van der Waals surface area contributed by atoms with Gasteiger partial charge in [0.2, 0.25) is 5.91 Å². The first-order valence-corrected chi connectivity index (χ1v) is 10.8. The molecule has 0 spiro atoms. The molecular formula is C23H27N5O2S. The number of carbonyl (C=O) groups excluding carboxylic acids is 1. The summed E-state index contributed by atoms with van der Waals surface area (Å²) < 4.78 is 7.77. The summed E-state index contributed by atoms with van der Waals surface area (Å²) in [7, 11) is 1.67. The molecule has 162 valence electrons. The topological polar surface area (TPSA) is 66.4 Å². The van der Waals surface area contributed by atoms with Gasteiger partial charge in [0.05, 0.1) is 7.11 Å². The van der Waals surface area contributed by atoms with E-state index in [1.54, 1.807) is 7.11 Å². The first-order chi connectivity index (χ1) is 15.0. The van der Waals surface area contributed by atoms with E-state index in [0.717, 1.165) is 41.5 Å². The third-order valence-electron chi connectivity index (χ3n) is 5.63. The number of ether oxygens (including phenoxy) is 1. The highest BCUT2D eigenvalue weighted by Gasteiger charge is 2.22. The van der Waals surface area contributed by atoms with Gasteiger partial charge in [-0.05, 0) is 37.3 Å². The Labute approximate surface area is 187 Å². The fraction of sp³-hybridized carbons (Fsp3) is 0.348. The number of methoxy groups -OCH3 is 1. The van der Waals surface area contributed by atoms with Gasteiger partial charge in [0, 0.05) is 56.5 Å². The Bertz CT molecular complexity index is 1110. The molecular weight excluding hydrogens is 410 g/mol. The molecule has 1 saturated heterocycles. The number of piperazine rings is 1. The number of H-pyrrole nitrogens is 1. The summed E-state index contributed by atoms with van der Waals surface area (Å²) in [5, 5.41) is 7.24. The molecule has 0 bridgehead atoms. The van der Waals surface area contributed by atoms with Gasteiger partial charge in [-0.2, -0.15) is 5.10 Å². The van der Waals surface area contributed by atoms with Gasteiger partial charge >= 0.3 is 0 Å². The van der Waals surface area contributed by atoms with E-state index in [9.17, 15) is 4.79 Å². The third kappa shape index (κ3) is 4.80. The number of aryl methyl sites for hydroxylation is 1. The molecule has 2 heterocycles. The van der Waals surface area contributed by atoms with Crippen molar-refractivity contribution in [1.82, 2.24) is 19.7 Å². The lowest BCUT2D eigenvalue weighted by Crippen LogP contribution is -2.49. The Morgan fingerprint density at radius 1 is 1.13 bits per heavy atom. The molecule has 1 fully saturated rings. The van der Waals surface area contributed by atoms with Crippen molar-refractivity contribution in [3.05, 3.63) is 58.9 Å². The molecule has 4 rings (SSSR count). The van der Waals surface area contributed by atoms with E-state index in [2.05, 4.69) is 27.2 Å². The van der Waals surface area contributed by atoms with E-state index in [1.807, 2.05) is 52.8 Å². The van der Waals surface area contributed by atoms with Crippen molar-refractivity contribution in [2.24, 2.45) is 0 Å². The van der Waals surface area contributed by atoms with Crippen LogP contribution >= 0.6 is 12.2 Å². The summed E-state index contributed by atoms with van der Waals surface area (Å²) in [6.45, 7) is 5.57. The maximum Gasteiger partial charge on any atom is 0.224 e. The summed E-state index contributed by atoms with van der Waals surface area (Å²) in [4.78, 5) is 17.1. The lowest BCUT2D eigenvalue weighted by atomic mass is 10.1. The van der Waals surface area contributed by atoms with Gasteiger partial charge in [0.15, 0.2) is 10.6 Å². The van der Waals surface area contributed by atoms with E-state index in [-0.39, 0.29) is 5.91 Å². The van der Waals surface area contributed by atoms with E-state index < -0.39 is 0 Å². The van der Waals surface area contributed by atoms with Crippen LogP contribution in [0.1, 0.15) is 12.0 Å². The quantitative estimate of drug-likeness (QED) is 0.596. The normalized spacial score (nSPS) is 14.0. The van der Waals surface area contributed by atoms with Crippen molar-refractivity contribution in [3.63, 3.8) is 0 Å². The average Bonchev–Trinajstić information content (AvgIpc) is 3.18. The monoisotopic (exact) mass is 437 g/mol. The first-order valence-electron chi connectivity index (χ1n) is 10.4. The Morgan fingerprint density at radius 3 is 2.65 bits per heavy atom. The van der Waals surface area contributed by atoms with Crippen molar-refractivity contribution < 1.29 is 9.53 Å². The highest BCUT2D eigenvalue weighted by atomic mass is 32.1. The highest BCUT2D eigenvalue weighted by molar-refractivity contribution is 7.71. The highest BCUT2D eigenvalue weighted by Crippen LogP contribution is 2.23. The zero-order valence-electron chi connectivity index (χ0n) is 17.9. The summed E-state index contributed by atoms with van der Waals surface area (Å²) in [6, 6.07) is 16.2. The Morgan fingerprint density at radius 2 is 1.90 bits per heavy atom. The Balaban J connectivity index is 1.36. The summed E-state index contributed by atoms with van der Waals surface area (Å²) in [6.07, 6.45) is 0.395. The minimum atomic E-state index is 0.142. The minimum Gasteiger partial charge on any atom is -0.497 e. The molecule has 2 aromatic carbocycles. The number of nitrogens with one attached hydrogen (secondary N) is 1. The van der Waals surface area contributed by atoms with Crippen LogP contribution in [0.25, 0.3) is 11.4 Å². The van der Waals surface area contributed by atoms with Gasteiger partial charge < -0.3 is 14.5 Å². The summed E-state index contributed by atoms with van der Waals surface area (Å²) in [5.41, 5.74) is 3.27. The van der Waals surface area contributed by atoms with Gasteiger partial charge in [-0.15, -0.1) is 0 Å². The van der Waals surface area contributed by atoms with Crippen molar-refractivity contribution in [2.45, 2.75) is 19.9 Å². The number of aromatic nitrogens is 3. The number of amides is 1. The van der Waals surface area contributed by atoms with Crippen LogP contribution in [0.5, 0.6) is 5.75 Å². The molecule has 7 nitrogen and oxygen atoms in total. The number of nitrogens with zero attached hydrogens (tertiary/aromatic N) is 4. The van der Waals surface area contributed by atoms with E-state index in [0.29, 0.717) is 30.8 Å². The van der Waals surface area contributed by atoms with E-state index in [4.69, 9.17) is 17.0 Å². The number of benzene rings is 2. The van der Waals surface area contributed by atoms with Crippen LogP contribution in [-0.2, 0) is 11.3 Å². The number of hydrogen-bond acceptors (Lipinski definition) is 5. The van der Waals surface area contributed by atoms with Crippen LogP contribution in [0.4, 0.5) is 5.69 Å². The molecule has 1 aromatic heterocycles. The number of anilines is 1. The lowest BCUT2D eigenvalue weighted by molar-refractivity contribution is -0.131. The molecule has 0 unspecified atom stereocenters.